The van der Waals surface area contributed by atoms with Crippen LogP contribution >= 0.6 is 0 Å². The van der Waals surface area contributed by atoms with Crippen LogP contribution in [-0.2, 0) is 42.3 Å². The maximum Gasteiger partial charge on any atom is 0.151 e. The molecule has 0 heterocycles. The Kier molecular flexibility index (Phi) is 16.3. The third kappa shape index (κ3) is 7.78. The van der Waals surface area contributed by atoms with E-state index in [1.54, 1.807) is 6.92 Å². The molecule has 0 unspecified atom stereocenters. The Labute approximate surface area is 112 Å². The summed E-state index contributed by atoms with van der Waals surface area (Å²) in [6.07, 6.45) is 0. The number of carbonyl (C=O) groups excluding carboxylic acids is 2. The Morgan fingerprint density at radius 3 is 1.57 bits per heavy atom. The Morgan fingerprint density at radius 2 is 1.50 bits per heavy atom. The number of likely N-dealkylation sites (N-methyl/N-ethyl adjacent to an activating group) is 1. The number of hydrogen-bond acceptors (Lipinski definition) is 3. The van der Waals surface area contributed by atoms with Crippen LogP contribution in [-0.4, -0.2) is 29.1 Å². The van der Waals surface area contributed by atoms with Crippen LogP contribution in [0.2, 0.25) is 0 Å². The molecule has 3 nitrogen and oxygen atoms in total. The van der Waals surface area contributed by atoms with E-state index in [1.165, 1.54) is 18.7 Å². The van der Waals surface area contributed by atoms with Crippen LogP contribution in [0.15, 0.2) is 0 Å². The summed E-state index contributed by atoms with van der Waals surface area (Å²) in [7, 11) is 3.59. The summed E-state index contributed by atoms with van der Waals surface area (Å²) in [6, 6.07) is -0.653. The minimum absolute atomic E-state index is 0. The van der Waals surface area contributed by atoms with Crippen molar-refractivity contribution in [3.8, 4) is 0 Å². The van der Waals surface area contributed by atoms with Crippen molar-refractivity contribution in [2.24, 2.45) is 0 Å². The molecule has 0 bridgehead atoms. The van der Waals surface area contributed by atoms with Crippen molar-refractivity contribution in [3.63, 3.8) is 0 Å². The molecule has 0 aliphatic heterocycles. The second-order valence-corrected chi connectivity index (χ2v) is 2.53. The van der Waals surface area contributed by atoms with Gasteiger partial charge in [0.15, 0.2) is 11.6 Å². The Hall–Kier alpha value is 0.404. The van der Waals surface area contributed by atoms with Gasteiger partial charge in [0.2, 0.25) is 0 Å². The molecule has 4 heteroatoms. The molecular formula is C10H19NO2Y-2. The van der Waals surface area contributed by atoms with Gasteiger partial charge in [0, 0.05) is 32.7 Å². The molecule has 0 aliphatic rings. The smallest absolute Gasteiger partial charge is 0.151 e. The van der Waals surface area contributed by atoms with Crippen molar-refractivity contribution in [2.45, 2.75) is 33.7 Å². The first kappa shape index (κ1) is 19.9. The summed E-state index contributed by atoms with van der Waals surface area (Å²) >= 11 is 0. The van der Waals surface area contributed by atoms with E-state index in [9.17, 15) is 9.59 Å². The zero-order chi connectivity index (χ0) is 11.0. The van der Waals surface area contributed by atoms with Crippen molar-refractivity contribution in [2.75, 3.05) is 6.54 Å². The maximum absolute atomic E-state index is 10.9. The fourth-order valence-electron chi connectivity index (χ4n) is 0.983. The molecule has 0 atom stereocenters. The fraction of sp³-hybridized carbons (Fsp3) is 0.600. The second-order valence-electron chi connectivity index (χ2n) is 2.53. The van der Waals surface area contributed by atoms with Gasteiger partial charge in [0.25, 0.3) is 0 Å². The molecule has 0 fully saturated rings. The number of carbonyl (C=O) groups is 2. The van der Waals surface area contributed by atoms with Gasteiger partial charge in [-0.05, 0) is 20.4 Å². The van der Waals surface area contributed by atoms with Gasteiger partial charge in [-0.15, -0.1) is 0 Å². The summed E-state index contributed by atoms with van der Waals surface area (Å²) < 4.78 is 0. The van der Waals surface area contributed by atoms with Gasteiger partial charge in [0.1, 0.15) is 6.04 Å². The average Bonchev–Trinajstić information content (AvgIpc) is 2.06. The number of hydrogen-bond donors (Lipinski definition) is 0. The van der Waals surface area contributed by atoms with E-state index in [4.69, 9.17) is 0 Å². The molecule has 0 aromatic rings. The molecule has 0 N–H and O–H groups in total. The Morgan fingerprint density at radius 1 is 1.21 bits per heavy atom. The topological polar surface area (TPSA) is 37.4 Å². The van der Waals surface area contributed by atoms with Crippen molar-refractivity contribution < 1.29 is 42.3 Å². The van der Waals surface area contributed by atoms with E-state index in [0.29, 0.717) is 6.54 Å². The van der Waals surface area contributed by atoms with Crippen LogP contribution in [0.5, 0.6) is 0 Å². The first-order valence-electron chi connectivity index (χ1n) is 4.29. The molecule has 0 aromatic carbocycles. The molecule has 0 amide bonds. The van der Waals surface area contributed by atoms with Gasteiger partial charge in [-0.3, -0.25) is 16.6 Å². The van der Waals surface area contributed by atoms with E-state index in [1.807, 2.05) is 6.92 Å². The van der Waals surface area contributed by atoms with Crippen LogP contribution in [0.4, 0.5) is 0 Å². The third-order valence-electron chi connectivity index (χ3n) is 1.54. The van der Waals surface area contributed by atoms with E-state index < -0.39 is 6.04 Å². The standard InChI is InChI=1S/C8H14NO2.C2H5.Y/c1-5-9(4)8(6(2)10)7(3)11;1-2;/h8H,4-5H2,1-3H3;1H2,2H3;/q2*-1;. The minimum atomic E-state index is -0.653. The molecule has 0 saturated carbocycles. The van der Waals surface area contributed by atoms with Crippen molar-refractivity contribution in [3.05, 3.63) is 14.0 Å². The van der Waals surface area contributed by atoms with Gasteiger partial charge in [-0.2, -0.15) is 6.92 Å². The van der Waals surface area contributed by atoms with Crippen LogP contribution in [0.1, 0.15) is 27.7 Å². The first-order chi connectivity index (χ1) is 6.00. The summed E-state index contributed by atoms with van der Waals surface area (Å²) in [5.74, 6) is -0.288. The summed E-state index contributed by atoms with van der Waals surface area (Å²) in [5.41, 5.74) is 0. The second kappa shape index (κ2) is 11.5. The molecule has 0 aromatic heterocycles. The van der Waals surface area contributed by atoms with Gasteiger partial charge >= 0.3 is 0 Å². The SMILES string of the molecule is [CH2-]C.[CH2-]N(CC)C(C(C)=O)C(C)=O.[Y]. The van der Waals surface area contributed by atoms with E-state index >= 15 is 0 Å². The third-order valence-corrected chi connectivity index (χ3v) is 1.54. The molecule has 0 rings (SSSR count). The minimum Gasteiger partial charge on any atom is -0.445 e. The van der Waals surface area contributed by atoms with Crippen molar-refractivity contribution in [1.29, 1.82) is 0 Å². The van der Waals surface area contributed by atoms with Crippen LogP contribution < -0.4 is 0 Å². The van der Waals surface area contributed by atoms with E-state index in [-0.39, 0.29) is 44.3 Å². The molecule has 81 valence electrons. The molecular weight excluding hydrogens is 255 g/mol. The zero-order valence-electron chi connectivity index (χ0n) is 9.54. The number of nitrogens with zero attached hydrogens (tertiary/aromatic N) is 1. The van der Waals surface area contributed by atoms with Gasteiger partial charge in [-0.25, -0.2) is 0 Å². The van der Waals surface area contributed by atoms with Gasteiger partial charge < -0.3 is 11.8 Å². The summed E-state index contributed by atoms with van der Waals surface area (Å²) in [5, 5.41) is 0. The fourth-order valence-corrected chi connectivity index (χ4v) is 0.983. The predicted molar refractivity (Wildman–Crippen MR) is 53.9 cm³/mol. The van der Waals surface area contributed by atoms with Crippen molar-refractivity contribution >= 4 is 11.6 Å². The Bertz CT molecular complexity index is 158. The normalized spacial score (nSPS) is 8.86. The van der Waals surface area contributed by atoms with Crippen LogP contribution in [0, 0.1) is 14.0 Å². The largest absolute Gasteiger partial charge is 0.445 e. The van der Waals surface area contributed by atoms with E-state index in [0.717, 1.165) is 0 Å². The monoisotopic (exact) mass is 274 g/mol. The average molecular weight is 274 g/mol. The molecule has 0 aliphatic carbocycles. The number of rotatable bonds is 4. The van der Waals surface area contributed by atoms with E-state index in [2.05, 4.69) is 14.0 Å². The molecule has 1 radical (unpaired) electrons. The van der Waals surface area contributed by atoms with Crippen LogP contribution in [0.25, 0.3) is 0 Å². The molecule has 0 spiro atoms. The molecule has 14 heavy (non-hydrogen) atoms. The first-order valence-corrected chi connectivity index (χ1v) is 4.29. The number of Topliss-reactive ketones (excluding diaryl/α,β-unsaturated/α-hetero) is 2. The number of ketones is 2. The van der Waals surface area contributed by atoms with Crippen molar-refractivity contribution in [1.82, 2.24) is 4.90 Å². The zero-order valence-corrected chi connectivity index (χ0v) is 12.4. The summed E-state index contributed by atoms with van der Waals surface area (Å²) in [4.78, 5) is 23.3. The maximum atomic E-state index is 10.9. The van der Waals surface area contributed by atoms with Gasteiger partial charge in [0.05, 0.1) is 0 Å². The predicted octanol–water partition coefficient (Wildman–Crippen LogP) is 1.48. The van der Waals surface area contributed by atoms with Crippen LogP contribution in [0.3, 0.4) is 0 Å². The van der Waals surface area contributed by atoms with Gasteiger partial charge in [-0.1, -0.05) is 6.92 Å². The summed E-state index contributed by atoms with van der Waals surface area (Å²) in [6.45, 7) is 10.3. The Balaban J connectivity index is -0.000000376. The quantitative estimate of drug-likeness (QED) is 0.575. The molecule has 0 saturated heterocycles.